The molecule has 0 saturated carbocycles. The average Bonchev–Trinajstić information content (AvgIpc) is 2.67. The van der Waals surface area contributed by atoms with E-state index in [0.717, 1.165) is 38.8 Å². The van der Waals surface area contributed by atoms with Crippen molar-refractivity contribution in [1.82, 2.24) is 5.32 Å². The molecule has 0 aromatic carbocycles. The minimum Gasteiger partial charge on any atom is -0.378 e. The first-order valence-corrected chi connectivity index (χ1v) is 5.82. The Morgan fingerprint density at radius 1 is 1.67 bits per heavy atom. The molecule has 1 fully saturated rings. The van der Waals surface area contributed by atoms with Gasteiger partial charge in [-0.15, -0.1) is 0 Å². The molecule has 0 radical (unpaired) electrons. The summed E-state index contributed by atoms with van der Waals surface area (Å²) in [5.41, 5.74) is 5.57. The van der Waals surface area contributed by atoms with Crippen LogP contribution in [0.5, 0.6) is 0 Å². The molecule has 1 heterocycles. The maximum absolute atomic E-state index is 11.3. The Labute approximate surface area is 91.5 Å². The van der Waals surface area contributed by atoms with Crippen molar-refractivity contribution < 1.29 is 9.53 Å². The minimum atomic E-state index is 0.102. The summed E-state index contributed by atoms with van der Waals surface area (Å²) in [6.07, 6.45) is 4.87. The predicted octanol–water partition coefficient (Wildman–Crippen LogP) is 0.799. The van der Waals surface area contributed by atoms with Crippen LogP contribution in [0.15, 0.2) is 0 Å². The van der Waals surface area contributed by atoms with Crippen molar-refractivity contribution >= 4 is 5.91 Å². The van der Waals surface area contributed by atoms with E-state index in [1.165, 1.54) is 0 Å². The zero-order chi connectivity index (χ0) is 11.1. The van der Waals surface area contributed by atoms with Gasteiger partial charge in [0.2, 0.25) is 5.91 Å². The summed E-state index contributed by atoms with van der Waals surface area (Å²) in [6.45, 7) is 3.52. The van der Waals surface area contributed by atoms with E-state index in [1.54, 1.807) is 0 Å². The van der Waals surface area contributed by atoms with Crippen molar-refractivity contribution in [3.05, 3.63) is 0 Å². The molecule has 1 saturated heterocycles. The Kier molecular flexibility index (Phi) is 5.65. The highest BCUT2D eigenvalue weighted by molar-refractivity contribution is 5.75. The largest absolute Gasteiger partial charge is 0.378 e. The van der Waals surface area contributed by atoms with Gasteiger partial charge in [0.05, 0.1) is 6.10 Å². The second kappa shape index (κ2) is 6.80. The normalized spacial score (nSPS) is 22.7. The zero-order valence-electron chi connectivity index (χ0n) is 9.50. The second-order valence-corrected chi connectivity index (χ2v) is 4.29. The molecule has 0 bridgehead atoms. The minimum absolute atomic E-state index is 0.102. The van der Waals surface area contributed by atoms with Crippen LogP contribution in [0.2, 0.25) is 0 Å². The SMILES string of the molecule is CC(N)CCC(=O)NCCC1CCCO1. The predicted molar refractivity (Wildman–Crippen MR) is 59.5 cm³/mol. The Morgan fingerprint density at radius 2 is 2.47 bits per heavy atom. The molecule has 0 aromatic heterocycles. The van der Waals surface area contributed by atoms with Crippen LogP contribution in [-0.2, 0) is 9.53 Å². The molecular formula is C11H22N2O2. The first-order valence-electron chi connectivity index (χ1n) is 5.82. The maximum Gasteiger partial charge on any atom is 0.220 e. The van der Waals surface area contributed by atoms with Gasteiger partial charge in [-0.05, 0) is 32.6 Å². The van der Waals surface area contributed by atoms with E-state index in [9.17, 15) is 4.79 Å². The van der Waals surface area contributed by atoms with Gasteiger partial charge in [-0.2, -0.15) is 0 Å². The van der Waals surface area contributed by atoms with E-state index in [1.807, 2.05) is 6.92 Å². The van der Waals surface area contributed by atoms with Crippen LogP contribution in [0, 0.1) is 0 Å². The number of ether oxygens (including phenoxy) is 1. The van der Waals surface area contributed by atoms with Crippen molar-refractivity contribution in [3.63, 3.8) is 0 Å². The topological polar surface area (TPSA) is 64.4 Å². The van der Waals surface area contributed by atoms with Gasteiger partial charge in [-0.1, -0.05) is 0 Å². The summed E-state index contributed by atoms with van der Waals surface area (Å²) in [7, 11) is 0. The van der Waals surface area contributed by atoms with Gasteiger partial charge in [0.1, 0.15) is 0 Å². The van der Waals surface area contributed by atoms with Crippen molar-refractivity contribution in [2.75, 3.05) is 13.2 Å². The first-order chi connectivity index (χ1) is 7.18. The number of nitrogens with one attached hydrogen (secondary N) is 1. The van der Waals surface area contributed by atoms with Gasteiger partial charge in [0, 0.05) is 25.6 Å². The van der Waals surface area contributed by atoms with E-state index in [2.05, 4.69) is 5.32 Å². The number of hydrogen-bond donors (Lipinski definition) is 2. The quantitative estimate of drug-likeness (QED) is 0.687. The summed E-state index contributed by atoms with van der Waals surface area (Å²) >= 11 is 0. The molecule has 2 atom stereocenters. The van der Waals surface area contributed by atoms with Crippen LogP contribution in [0.1, 0.15) is 39.0 Å². The van der Waals surface area contributed by atoms with Crippen molar-refractivity contribution in [2.45, 2.75) is 51.2 Å². The highest BCUT2D eigenvalue weighted by atomic mass is 16.5. The van der Waals surface area contributed by atoms with Gasteiger partial charge in [-0.3, -0.25) is 4.79 Å². The summed E-state index contributed by atoms with van der Waals surface area (Å²) in [4.78, 5) is 11.3. The third kappa shape index (κ3) is 5.74. The van der Waals surface area contributed by atoms with Gasteiger partial charge in [0.15, 0.2) is 0 Å². The molecule has 1 amide bonds. The number of rotatable bonds is 6. The standard InChI is InChI=1S/C11H22N2O2/c1-9(12)4-5-11(14)13-7-6-10-3-2-8-15-10/h9-10H,2-8,12H2,1H3,(H,13,14). The van der Waals surface area contributed by atoms with Crippen LogP contribution in [0.4, 0.5) is 0 Å². The average molecular weight is 214 g/mol. The number of nitrogens with two attached hydrogens (primary N) is 1. The molecule has 0 spiro atoms. The van der Waals surface area contributed by atoms with E-state index in [0.29, 0.717) is 12.5 Å². The van der Waals surface area contributed by atoms with Crippen molar-refractivity contribution in [3.8, 4) is 0 Å². The van der Waals surface area contributed by atoms with Crippen LogP contribution < -0.4 is 11.1 Å². The van der Waals surface area contributed by atoms with Crippen molar-refractivity contribution in [1.29, 1.82) is 0 Å². The molecule has 4 heteroatoms. The molecule has 0 aliphatic carbocycles. The molecule has 1 aliphatic rings. The highest BCUT2D eigenvalue weighted by Crippen LogP contribution is 2.14. The summed E-state index contributed by atoms with van der Waals surface area (Å²) in [5.74, 6) is 0.102. The molecule has 2 unspecified atom stereocenters. The van der Waals surface area contributed by atoms with E-state index in [-0.39, 0.29) is 11.9 Å². The lowest BCUT2D eigenvalue weighted by molar-refractivity contribution is -0.121. The number of carbonyl (C=O) groups is 1. The van der Waals surface area contributed by atoms with Crippen LogP contribution in [0.25, 0.3) is 0 Å². The fourth-order valence-electron chi connectivity index (χ4n) is 1.69. The lowest BCUT2D eigenvalue weighted by Gasteiger charge is -2.10. The number of amides is 1. The Morgan fingerprint density at radius 3 is 3.07 bits per heavy atom. The molecular weight excluding hydrogens is 192 g/mol. The smallest absolute Gasteiger partial charge is 0.220 e. The highest BCUT2D eigenvalue weighted by Gasteiger charge is 2.14. The van der Waals surface area contributed by atoms with Crippen LogP contribution in [0.3, 0.4) is 0 Å². The van der Waals surface area contributed by atoms with Crippen molar-refractivity contribution in [2.24, 2.45) is 5.73 Å². The Bertz CT molecular complexity index is 189. The molecule has 3 N–H and O–H groups in total. The molecule has 4 nitrogen and oxygen atoms in total. The first kappa shape index (κ1) is 12.5. The van der Waals surface area contributed by atoms with Gasteiger partial charge in [-0.25, -0.2) is 0 Å². The fraction of sp³-hybridized carbons (Fsp3) is 0.909. The summed E-state index contributed by atoms with van der Waals surface area (Å²) < 4.78 is 5.46. The van der Waals surface area contributed by atoms with Crippen LogP contribution >= 0.6 is 0 Å². The molecule has 15 heavy (non-hydrogen) atoms. The Balaban J connectivity index is 1.96. The Hall–Kier alpha value is -0.610. The van der Waals surface area contributed by atoms with E-state index in [4.69, 9.17) is 10.5 Å². The van der Waals surface area contributed by atoms with E-state index < -0.39 is 0 Å². The molecule has 88 valence electrons. The third-order valence-electron chi connectivity index (χ3n) is 2.64. The third-order valence-corrected chi connectivity index (χ3v) is 2.64. The van der Waals surface area contributed by atoms with Gasteiger partial charge < -0.3 is 15.8 Å². The summed E-state index contributed by atoms with van der Waals surface area (Å²) in [6, 6.07) is 0.105. The molecule has 1 rings (SSSR count). The van der Waals surface area contributed by atoms with Crippen LogP contribution in [-0.4, -0.2) is 31.2 Å². The maximum atomic E-state index is 11.3. The number of hydrogen-bond acceptors (Lipinski definition) is 3. The molecule has 0 aromatic rings. The number of carbonyl (C=O) groups excluding carboxylic acids is 1. The fourth-order valence-corrected chi connectivity index (χ4v) is 1.69. The van der Waals surface area contributed by atoms with E-state index >= 15 is 0 Å². The van der Waals surface area contributed by atoms with Gasteiger partial charge in [0.25, 0.3) is 0 Å². The zero-order valence-corrected chi connectivity index (χ0v) is 9.50. The lowest BCUT2D eigenvalue weighted by Crippen LogP contribution is -2.28. The molecule has 1 aliphatic heterocycles. The second-order valence-electron chi connectivity index (χ2n) is 4.29. The van der Waals surface area contributed by atoms with Gasteiger partial charge >= 0.3 is 0 Å². The summed E-state index contributed by atoms with van der Waals surface area (Å²) in [5, 5.41) is 2.89. The lowest BCUT2D eigenvalue weighted by atomic mass is 10.1. The monoisotopic (exact) mass is 214 g/mol.